The molecular formula is C24H31N3O4S. The highest BCUT2D eigenvalue weighted by Crippen LogP contribution is 2.31. The first-order valence-corrected chi connectivity index (χ1v) is 12.2. The number of amides is 2. The fraction of sp³-hybridized carbons (Fsp3) is 0.417. The quantitative estimate of drug-likeness (QED) is 0.747. The van der Waals surface area contributed by atoms with Crippen molar-refractivity contribution in [3.05, 3.63) is 63.7 Å². The van der Waals surface area contributed by atoms with Crippen molar-refractivity contribution < 1.29 is 18.0 Å². The van der Waals surface area contributed by atoms with E-state index in [1.54, 1.807) is 29.2 Å². The van der Waals surface area contributed by atoms with Crippen LogP contribution in [-0.2, 0) is 14.8 Å². The van der Waals surface area contributed by atoms with Crippen molar-refractivity contribution in [2.75, 3.05) is 32.7 Å². The Morgan fingerprint density at radius 2 is 1.31 bits per heavy atom. The number of sulfonamides is 1. The number of piperazine rings is 1. The number of hydrogen-bond donors (Lipinski definition) is 1. The second kappa shape index (κ2) is 9.42. The third-order valence-corrected chi connectivity index (χ3v) is 8.73. The molecule has 2 aromatic carbocycles. The van der Waals surface area contributed by atoms with Crippen LogP contribution in [0, 0.1) is 34.6 Å². The van der Waals surface area contributed by atoms with Gasteiger partial charge in [-0.15, -0.1) is 0 Å². The van der Waals surface area contributed by atoms with Crippen molar-refractivity contribution in [2.45, 2.75) is 39.5 Å². The Morgan fingerprint density at radius 3 is 1.84 bits per heavy atom. The van der Waals surface area contributed by atoms with Crippen LogP contribution < -0.4 is 5.32 Å². The van der Waals surface area contributed by atoms with E-state index < -0.39 is 10.0 Å². The molecule has 1 aliphatic rings. The van der Waals surface area contributed by atoms with Crippen molar-refractivity contribution in [3.8, 4) is 0 Å². The summed E-state index contributed by atoms with van der Waals surface area (Å²) in [6.45, 7) is 10.6. The van der Waals surface area contributed by atoms with Gasteiger partial charge in [-0.2, -0.15) is 4.31 Å². The molecule has 0 spiro atoms. The molecule has 0 saturated carbocycles. The standard InChI is InChI=1S/C24H31N3O4S/c1-16-17(2)19(4)23(20(5)18(16)3)32(30,31)27-13-11-26(12-14-27)22(28)15-25-24(29)21-9-7-6-8-10-21/h6-10H,11-15H2,1-5H3,(H,25,29). The molecule has 2 amide bonds. The fourth-order valence-electron chi connectivity index (χ4n) is 4.12. The molecule has 0 radical (unpaired) electrons. The molecule has 0 atom stereocenters. The first kappa shape index (κ1) is 23.9. The van der Waals surface area contributed by atoms with Gasteiger partial charge in [-0.3, -0.25) is 9.59 Å². The number of hydrogen-bond acceptors (Lipinski definition) is 4. The largest absolute Gasteiger partial charge is 0.343 e. The van der Waals surface area contributed by atoms with Crippen LogP contribution in [0.4, 0.5) is 0 Å². The zero-order valence-corrected chi connectivity index (χ0v) is 20.2. The summed E-state index contributed by atoms with van der Waals surface area (Å²) in [7, 11) is -3.67. The number of rotatable bonds is 5. The average molecular weight is 458 g/mol. The molecule has 7 nitrogen and oxygen atoms in total. The van der Waals surface area contributed by atoms with E-state index in [1.807, 2.05) is 40.7 Å². The maximum atomic E-state index is 13.5. The van der Waals surface area contributed by atoms with Crippen LogP contribution in [0.2, 0.25) is 0 Å². The average Bonchev–Trinajstić information content (AvgIpc) is 2.80. The Hall–Kier alpha value is -2.71. The van der Waals surface area contributed by atoms with Crippen molar-refractivity contribution in [3.63, 3.8) is 0 Å². The molecule has 1 saturated heterocycles. The number of nitrogens with one attached hydrogen (secondary N) is 1. The number of carbonyl (C=O) groups excluding carboxylic acids is 2. The van der Waals surface area contributed by atoms with E-state index in [1.165, 1.54) is 4.31 Å². The van der Waals surface area contributed by atoms with Gasteiger partial charge in [0, 0.05) is 31.7 Å². The van der Waals surface area contributed by atoms with E-state index in [4.69, 9.17) is 0 Å². The Bertz CT molecular complexity index is 1110. The van der Waals surface area contributed by atoms with Gasteiger partial charge >= 0.3 is 0 Å². The van der Waals surface area contributed by atoms with Gasteiger partial charge in [0.1, 0.15) is 0 Å². The van der Waals surface area contributed by atoms with E-state index in [0.29, 0.717) is 23.5 Å². The molecule has 1 N–H and O–H groups in total. The van der Waals surface area contributed by atoms with Crippen LogP contribution in [0.25, 0.3) is 0 Å². The molecule has 32 heavy (non-hydrogen) atoms. The number of carbonyl (C=O) groups is 2. The minimum absolute atomic E-state index is 0.116. The highest BCUT2D eigenvalue weighted by molar-refractivity contribution is 7.89. The Labute approximate surface area is 190 Å². The summed E-state index contributed by atoms with van der Waals surface area (Å²) >= 11 is 0. The molecular weight excluding hydrogens is 426 g/mol. The molecule has 0 aliphatic carbocycles. The van der Waals surface area contributed by atoms with Crippen molar-refractivity contribution in [2.24, 2.45) is 0 Å². The van der Waals surface area contributed by atoms with Gasteiger partial charge < -0.3 is 10.2 Å². The van der Waals surface area contributed by atoms with Crippen molar-refractivity contribution >= 4 is 21.8 Å². The SMILES string of the molecule is Cc1c(C)c(C)c(S(=O)(=O)N2CCN(C(=O)CNC(=O)c3ccccc3)CC2)c(C)c1C. The normalized spacial score (nSPS) is 15.0. The minimum Gasteiger partial charge on any atom is -0.343 e. The summed E-state index contributed by atoms with van der Waals surface area (Å²) in [5, 5.41) is 2.63. The second-order valence-corrected chi connectivity index (χ2v) is 10.2. The van der Waals surface area contributed by atoms with Crippen LogP contribution in [0.1, 0.15) is 38.2 Å². The predicted octanol–water partition coefficient (Wildman–Crippen LogP) is 2.49. The summed E-state index contributed by atoms with van der Waals surface area (Å²) in [6.07, 6.45) is 0. The zero-order chi connectivity index (χ0) is 23.6. The van der Waals surface area contributed by atoms with Gasteiger partial charge in [-0.05, 0) is 74.6 Å². The highest BCUT2D eigenvalue weighted by atomic mass is 32.2. The fourth-order valence-corrected chi connectivity index (χ4v) is 6.10. The first-order chi connectivity index (χ1) is 15.1. The number of nitrogens with zero attached hydrogens (tertiary/aromatic N) is 2. The topological polar surface area (TPSA) is 86.8 Å². The summed E-state index contributed by atoms with van der Waals surface area (Å²) in [6, 6.07) is 8.70. The Morgan fingerprint density at radius 1 is 0.812 bits per heavy atom. The van der Waals surface area contributed by atoms with E-state index in [2.05, 4.69) is 5.32 Å². The maximum Gasteiger partial charge on any atom is 0.251 e. The third kappa shape index (κ3) is 4.56. The Balaban J connectivity index is 1.65. The van der Waals surface area contributed by atoms with Crippen molar-refractivity contribution in [1.82, 2.24) is 14.5 Å². The molecule has 8 heteroatoms. The summed E-state index contributed by atoms with van der Waals surface area (Å²) in [5.41, 5.74) is 5.17. The maximum absolute atomic E-state index is 13.5. The van der Waals surface area contributed by atoms with Gasteiger partial charge in [-0.25, -0.2) is 8.42 Å². The zero-order valence-electron chi connectivity index (χ0n) is 19.4. The molecule has 2 aromatic rings. The molecule has 172 valence electrons. The lowest BCUT2D eigenvalue weighted by molar-refractivity contribution is -0.131. The van der Waals surface area contributed by atoms with Crippen LogP contribution >= 0.6 is 0 Å². The van der Waals surface area contributed by atoms with Gasteiger partial charge in [-0.1, -0.05) is 18.2 Å². The number of benzene rings is 2. The van der Waals surface area contributed by atoms with Crippen LogP contribution in [-0.4, -0.2) is 62.2 Å². The van der Waals surface area contributed by atoms with Gasteiger partial charge in [0.25, 0.3) is 5.91 Å². The highest BCUT2D eigenvalue weighted by Gasteiger charge is 2.33. The first-order valence-electron chi connectivity index (χ1n) is 10.7. The lowest BCUT2D eigenvalue weighted by Crippen LogP contribution is -2.52. The van der Waals surface area contributed by atoms with Crippen LogP contribution in [0.3, 0.4) is 0 Å². The van der Waals surface area contributed by atoms with Gasteiger partial charge in [0.05, 0.1) is 11.4 Å². The van der Waals surface area contributed by atoms with E-state index >= 15 is 0 Å². The minimum atomic E-state index is -3.67. The van der Waals surface area contributed by atoms with Crippen LogP contribution in [0.5, 0.6) is 0 Å². The molecule has 1 fully saturated rings. The molecule has 0 aromatic heterocycles. The molecule has 3 rings (SSSR count). The lowest BCUT2D eigenvalue weighted by atomic mass is 9.95. The summed E-state index contributed by atoms with van der Waals surface area (Å²) < 4.78 is 28.4. The van der Waals surface area contributed by atoms with Gasteiger partial charge in [0.2, 0.25) is 15.9 Å². The van der Waals surface area contributed by atoms with E-state index in [0.717, 1.165) is 27.8 Å². The van der Waals surface area contributed by atoms with E-state index in [9.17, 15) is 18.0 Å². The van der Waals surface area contributed by atoms with Crippen molar-refractivity contribution in [1.29, 1.82) is 0 Å². The van der Waals surface area contributed by atoms with Gasteiger partial charge in [0.15, 0.2) is 0 Å². The predicted molar refractivity (Wildman–Crippen MR) is 124 cm³/mol. The summed E-state index contributed by atoms with van der Waals surface area (Å²) in [4.78, 5) is 26.7. The van der Waals surface area contributed by atoms with Crippen LogP contribution in [0.15, 0.2) is 35.2 Å². The second-order valence-electron chi connectivity index (χ2n) is 8.29. The summed E-state index contributed by atoms with van der Waals surface area (Å²) in [5.74, 6) is -0.531. The van der Waals surface area contributed by atoms with E-state index in [-0.39, 0.29) is 31.4 Å². The molecule has 1 aliphatic heterocycles. The Kier molecular flexibility index (Phi) is 7.05. The molecule has 0 unspecified atom stereocenters. The lowest BCUT2D eigenvalue weighted by Gasteiger charge is -2.35. The monoisotopic (exact) mass is 457 g/mol. The molecule has 1 heterocycles. The molecule has 0 bridgehead atoms. The third-order valence-electron chi connectivity index (χ3n) is 6.56. The smallest absolute Gasteiger partial charge is 0.251 e.